The molecule has 2 aromatic heterocycles. The Labute approximate surface area is 223 Å². The third-order valence-electron chi connectivity index (χ3n) is 7.70. The van der Waals surface area contributed by atoms with Crippen LogP contribution in [0.3, 0.4) is 0 Å². The molecule has 0 atom stereocenters. The molecule has 10 nitrogen and oxygen atoms in total. The molecule has 2 fully saturated rings. The molecular weight excluding hydrogens is 482 g/mol. The first kappa shape index (κ1) is 26.3. The van der Waals surface area contributed by atoms with Crippen molar-refractivity contribution in [3.05, 3.63) is 58.0 Å². The predicted molar refractivity (Wildman–Crippen MR) is 148 cm³/mol. The quantitative estimate of drug-likeness (QED) is 0.438. The van der Waals surface area contributed by atoms with Crippen LogP contribution < -0.4 is 16.2 Å². The fourth-order valence-electron chi connectivity index (χ4n) is 5.38. The van der Waals surface area contributed by atoms with E-state index >= 15 is 0 Å². The summed E-state index contributed by atoms with van der Waals surface area (Å²) in [5.74, 6) is -0.153. The van der Waals surface area contributed by atoms with Gasteiger partial charge in [0.15, 0.2) is 0 Å². The van der Waals surface area contributed by atoms with Crippen molar-refractivity contribution < 1.29 is 9.63 Å². The molecule has 0 spiro atoms. The number of hydrogen-bond acceptors (Lipinski definition) is 8. The smallest absolute Gasteiger partial charge is 0.280 e. The average molecular weight is 520 g/mol. The number of nitrogens with zero attached hydrogens (tertiary/aromatic N) is 5. The maximum atomic E-state index is 13.1. The van der Waals surface area contributed by atoms with E-state index in [9.17, 15) is 9.59 Å². The molecule has 2 N–H and O–H groups in total. The lowest BCUT2D eigenvalue weighted by atomic mass is 9.95. The number of carbonyl (C=O) groups is 1. The second kappa shape index (κ2) is 12.0. The largest absolute Gasteiger partial charge is 0.328 e. The first-order chi connectivity index (χ1) is 18.5. The number of rotatable bonds is 8. The molecule has 3 aromatic rings. The van der Waals surface area contributed by atoms with Crippen LogP contribution in [0.2, 0.25) is 0 Å². The van der Waals surface area contributed by atoms with Gasteiger partial charge in [-0.3, -0.25) is 14.4 Å². The molecule has 202 valence electrons. The van der Waals surface area contributed by atoms with Crippen molar-refractivity contribution in [3.8, 4) is 0 Å². The van der Waals surface area contributed by atoms with E-state index in [2.05, 4.69) is 44.8 Å². The molecule has 1 amide bonds. The number of aromatic nitrogens is 3. The van der Waals surface area contributed by atoms with Crippen LogP contribution in [0.15, 0.2) is 41.5 Å². The molecule has 0 unspecified atom stereocenters. The number of hydroxylamine groups is 1. The lowest BCUT2D eigenvalue weighted by molar-refractivity contribution is 0.0535. The lowest BCUT2D eigenvalue weighted by Gasteiger charge is -2.32. The normalized spacial score (nSPS) is 17.5. The summed E-state index contributed by atoms with van der Waals surface area (Å²) in [6.07, 6.45) is 9.52. The molecular formula is C28H37N7O3. The summed E-state index contributed by atoms with van der Waals surface area (Å²) in [4.78, 5) is 44.5. The molecule has 1 aromatic carbocycles. The number of nitrogens with one attached hydrogen (secondary N) is 2. The average Bonchev–Trinajstić information content (AvgIpc) is 2.94. The maximum absolute atomic E-state index is 13.1. The predicted octanol–water partition coefficient (Wildman–Crippen LogP) is 3.12. The Balaban J connectivity index is 1.35. The van der Waals surface area contributed by atoms with E-state index in [0.717, 1.165) is 70.5 Å². The van der Waals surface area contributed by atoms with Crippen molar-refractivity contribution in [2.45, 2.75) is 44.6 Å². The second-order valence-electron chi connectivity index (χ2n) is 10.4. The summed E-state index contributed by atoms with van der Waals surface area (Å²) < 4.78 is 1.98. The number of likely N-dealkylation sites (N-methyl/N-ethyl adjacent to an activating group) is 1. The van der Waals surface area contributed by atoms with Gasteiger partial charge in [0.2, 0.25) is 11.4 Å². The number of amides is 1. The second-order valence-corrected chi connectivity index (χ2v) is 10.4. The van der Waals surface area contributed by atoms with Crippen LogP contribution in [0.1, 0.15) is 54.1 Å². The van der Waals surface area contributed by atoms with Crippen molar-refractivity contribution in [2.24, 2.45) is 0 Å². The molecule has 0 bridgehead atoms. The van der Waals surface area contributed by atoms with Gasteiger partial charge in [-0.2, -0.15) is 4.98 Å². The van der Waals surface area contributed by atoms with E-state index in [4.69, 9.17) is 9.82 Å². The van der Waals surface area contributed by atoms with Gasteiger partial charge in [0.05, 0.1) is 12.5 Å². The Bertz CT molecular complexity index is 1310. The van der Waals surface area contributed by atoms with Crippen molar-refractivity contribution in [3.63, 3.8) is 0 Å². The number of pyridine rings is 1. The van der Waals surface area contributed by atoms with Crippen molar-refractivity contribution in [1.29, 1.82) is 0 Å². The molecule has 2 aliphatic rings. The summed E-state index contributed by atoms with van der Waals surface area (Å²) in [6, 6.07) is 8.53. The van der Waals surface area contributed by atoms with Crippen molar-refractivity contribution >= 4 is 28.6 Å². The van der Waals surface area contributed by atoms with E-state index in [1.807, 2.05) is 16.7 Å². The van der Waals surface area contributed by atoms with Crippen LogP contribution >= 0.6 is 0 Å². The number of benzene rings is 1. The number of hydrogen-bond donors (Lipinski definition) is 2. The fourth-order valence-corrected chi connectivity index (χ4v) is 5.38. The monoisotopic (exact) mass is 519 g/mol. The molecule has 1 saturated carbocycles. The summed E-state index contributed by atoms with van der Waals surface area (Å²) in [5, 5.41) is 3.61. The van der Waals surface area contributed by atoms with E-state index in [-0.39, 0.29) is 11.6 Å². The van der Waals surface area contributed by atoms with Crippen LogP contribution in [-0.4, -0.2) is 77.1 Å². The van der Waals surface area contributed by atoms with Gasteiger partial charge in [0.1, 0.15) is 11.2 Å². The van der Waals surface area contributed by atoms with E-state index in [0.29, 0.717) is 17.0 Å². The highest BCUT2D eigenvalue weighted by Crippen LogP contribution is 2.30. The van der Waals surface area contributed by atoms with Gasteiger partial charge in [0, 0.05) is 56.8 Å². The van der Waals surface area contributed by atoms with Crippen LogP contribution in [0.25, 0.3) is 11.0 Å². The molecule has 5 rings (SSSR count). The standard InChI is InChI=1S/C28H37N7O3/c1-33-14-16-34(17-15-33)13-12-20-8-10-21(11-9-20)30-28-29-18-23-25(36)24(27(37)32-38-2)19-35(26(23)31-28)22-6-4-3-5-7-22/h8-11,18-19,22H,3-7,12-17H2,1-2H3,(H,32,37)(H,29,30,31). The zero-order valence-corrected chi connectivity index (χ0v) is 22.3. The Morgan fingerprint density at radius 1 is 1.08 bits per heavy atom. The molecule has 1 aliphatic heterocycles. The number of carbonyl (C=O) groups excluding carboxylic acids is 1. The van der Waals surface area contributed by atoms with Crippen molar-refractivity contribution in [2.75, 3.05) is 52.2 Å². The van der Waals surface area contributed by atoms with Crippen LogP contribution in [0.5, 0.6) is 0 Å². The van der Waals surface area contributed by atoms with E-state index in [1.54, 1.807) is 6.20 Å². The molecule has 0 radical (unpaired) electrons. The third kappa shape index (κ3) is 6.03. The highest BCUT2D eigenvalue weighted by Gasteiger charge is 2.23. The van der Waals surface area contributed by atoms with Crippen LogP contribution in [0, 0.1) is 0 Å². The molecule has 3 heterocycles. The van der Waals surface area contributed by atoms with Gasteiger partial charge >= 0.3 is 0 Å². The maximum Gasteiger partial charge on any atom is 0.280 e. The minimum Gasteiger partial charge on any atom is -0.328 e. The summed E-state index contributed by atoms with van der Waals surface area (Å²) in [6.45, 7) is 5.58. The van der Waals surface area contributed by atoms with E-state index in [1.165, 1.54) is 25.3 Å². The SMILES string of the molecule is CONC(=O)c1cn(C2CCCCC2)c2nc(Nc3ccc(CCN4CCN(C)CC4)cc3)ncc2c1=O. The van der Waals surface area contributed by atoms with Gasteiger partial charge in [-0.15, -0.1) is 0 Å². The van der Waals surface area contributed by atoms with Crippen LogP contribution in [0.4, 0.5) is 11.6 Å². The minimum absolute atomic E-state index is 0.0291. The van der Waals surface area contributed by atoms with Gasteiger partial charge < -0.3 is 19.7 Å². The van der Waals surface area contributed by atoms with Gasteiger partial charge in [-0.1, -0.05) is 31.4 Å². The lowest BCUT2D eigenvalue weighted by Crippen LogP contribution is -2.45. The number of piperazine rings is 1. The molecule has 10 heteroatoms. The first-order valence-electron chi connectivity index (χ1n) is 13.5. The molecule has 1 aliphatic carbocycles. The Morgan fingerprint density at radius 3 is 2.53 bits per heavy atom. The van der Waals surface area contributed by atoms with Gasteiger partial charge in [-0.25, -0.2) is 10.5 Å². The Morgan fingerprint density at radius 2 is 1.82 bits per heavy atom. The van der Waals surface area contributed by atoms with Gasteiger partial charge in [0.25, 0.3) is 5.91 Å². The van der Waals surface area contributed by atoms with Crippen LogP contribution in [-0.2, 0) is 11.3 Å². The first-order valence-corrected chi connectivity index (χ1v) is 13.5. The zero-order chi connectivity index (χ0) is 26.5. The third-order valence-corrected chi connectivity index (χ3v) is 7.70. The van der Waals surface area contributed by atoms with Crippen molar-refractivity contribution in [1.82, 2.24) is 29.8 Å². The van der Waals surface area contributed by atoms with E-state index < -0.39 is 11.3 Å². The summed E-state index contributed by atoms with van der Waals surface area (Å²) >= 11 is 0. The highest BCUT2D eigenvalue weighted by molar-refractivity contribution is 5.96. The van der Waals surface area contributed by atoms with Gasteiger partial charge in [-0.05, 0) is 44.0 Å². The number of fused-ring (bicyclic) bond motifs is 1. The highest BCUT2D eigenvalue weighted by atomic mass is 16.6. The zero-order valence-electron chi connectivity index (χ0n) is 22.3. The molecule has 1 saturated heterocycles. The number of anilines is 2. The summed E-state index contributed by atoms with van der Waals surface area (Å²) in [5.41, 5.74) is 4.61. The summed E-state index contributed by atoms with van der Waals surface area (Å²) in [7, 11) is 3.52. The fraction of sp³-hybridized carbons (Fsp3) is 0.500. The minimum atomic E-state index is -0.570. The molecule has 38 heavy (non-hydrogen) atoms. The Kier molecular flexibility index (Phi) is 8.31. The Hall–Kier alpha value is -3.34. The topological polar surface area (TPSA) is 105 Å².